The molecule has 0 aliphatic heterocycles. The largest absolute Gasteiger partial charge is 0.352 e. The van der Waals surface area contributed by atoms with Crippen LogP contribution in [0, 0.1) is 11.6 Å². The number of hydrogen-bond acceptors (Lipinski definition) is 4. The maximum absolute atomic E-state index is 14.8. The van der Waals surface area contributed by atoms with Crippen LogP contribution in [-0.2, 0) is 32.6 Å². The standard InChI is InChI=1S/C32H37F2N3O4S/c1-42(40,41)37(28-19-17-26(33)18-20-28)21-9-16-31(38)36(23-25-12-5-8-15-29(25)34)30(22-24-10-3-2-4-11-24)32(39)35-27-13-6-7-14-27/h2-5,8,10-12,15,17-20,27,30H,6-7,9,13-14,16,21-23H2,1H3,(H,35,39)/t30-/m1/s1. The van der Waals surface area contributed by atoms with Gasteiger partial charge in [-0.05, 0) is 55.2 Å². The van der Waals surface area contributed by atoms with Gasteiger partial charge < -0.3 is 10.2 Å². The van der Waals surface area contributed by atoms with Gasteiger partial charge in [-0.3, -0.25) is 13.9 Å². The van der Waals surface area contributed by atoms with Gasteiger partial charge in [-0.15, -0.1) is 0 Å². The van der Waals surface area contributed by atoms with E-state index in [-0.39, 0.29) is 55.6 Å². The Balaban J connectivity index is 1.59. The number of hydrogen-bond donors (Lipinski definition) is 1. The molecule has 0 bridgehead atoms. The fourth-order valence-electron chi connectivity index (χ4n) is 5.34. The molecule has 2 amide bonds. The van der Waals surface area contributed by atoms with Gasteiger partial charge in [0.15, 0.2) is 0 Å². The lowest BCUT2D eigenvalue weighted by atomic mass is 10.0. The molecule has 0 saturated heterocycles. The minimum Gasteiger partial charge on any atom is -0.352 e. The van der Waals surface area contributed by atoms with Gasteiger partial charge in [-0.1, -0.05) is 61.4 Å². The summed E-state index contributed by atoms with van der Waals surface area (Å²) in [5.74, 6) is -1.66. The second-order valence-corrected chi connectivity index (χ2v) is 12.6. The average Bonchev–Trinajstić information content (AvgIpc) is 3.47. The molecular formula is C32H37F2N3O4S. The van der Waals surface area contributed by atoms with Crippen LogP contribution in [0.5, 0.6) is 0 Å². The Morgan fingerprint density at radius 1 is 0.929 bits per heavy atom. The molecule has 1 fully saturated rings. The molecule has 1 aliphatic rings. The summed E-state index contributed by atoms with van der Waals surface area (Å²) in [5, 5.41) is 3.11. The van der Waals surface area contributed by atoms with E-state index >= 15 is 0 Å². The topological polar surface area (TPSA) is 86.8 Å². The number of nitrogens with zero attached hydrogens (tertiary/aromatic N) is 2. The molecule has 4 rings (SSSR count). The highest BCUT2D eigenvalue weighted by molar-refractivity contribution is 7.92. The molecule has 1 N–H and O–H groups in total. The van der Waals surface area contributed by atoms with Gasteiger partial charge in [0.25, 0.3) is 0 Å². The summed E-state index contributed by atoms with van der Waals surface area (Å²) in [5.41, 5.74) is 1.42. The number of nitrogens with one attached hydrogen (secondary N) is 1. The Bertz CT molecular complexity index is 1450. The summed E-state index contributed by atoms with van der Waals surface area (Å²) in [7, 11) is -3.71. The molecule has 7 nitrogen and oxygen atoms in total. The third-order valence-electron chi connectivity index (χ3n) is 7.54. The summed E-state index contributed by atoms with van der Waals surface area (Å²) >= 11 is 0. The van der Waals surface area contributed by atoms with Crippen LogP contribution in [0.3, 0.4) is 0 Å². The van der Waals surface area contributed by atoms with Crippen LogP contribution < -0.4 is 9.62 Å². The highest BCUT2D eigenvalue weighted by Crippen LogP contribution is 2.23. The van der Waals surface area contributed by atoms with Crippen molar-refractivity contribution >= 4 is 27.5 Å². The van der Waals surface area contributed by atoms with Gasteiger partial charge in [0.05, 0.1) is 11.9 Å². The van der Waals surface area contributed by atoms with E-state index < -0.39 is 33.6 Å². The molecular weight excluding hydrogens is 560 g/mol. The first-order chi connectivity index (χ1) is 20.1. The van der Waals surface area contributed by atoms with Crippen molar-refractivity contribution in [2.24, 2.45) is 0 Å². The summed E-state index contributed by atoms with van der Waals surface area (Å²) in [6.07, 6.45) is 5.14. The first-order valence-electron chi connectivity index (χ1n) is 14.2. The van der Waals surface area contributed by atoms with E-state index in [1.807, 2.05) is 30.3 Å². The number of carbonyl (C=O) groups is 2. The van der Waals surface area contributed by atoms with E-state index in [9.17, 15) is 26.8 Å². The first-order valence-corrected chi connectivity index (χ1v) is 16.1. The second-order valence-electron chi connectivity index (χ2n) is 10.7. The summed E-state index contributed by atoms with van der Waals surface area (Å²) in [6.45, 7) is -0.143. The summed E-state index contributed by atoms with van der Waals surface area (Å²) < 4.78 is 54.4. The average molecular weight is 598 g/mol. The van der Waals surface area contributed by atoms with Crippen LogP contribution in [0.15, 0.2) is 78.9 Å². The third kappa shape index (κ3) is 8.61. The van der Waals surface area contributed by atoms with Crippen molar-refractivity contribution in [3.63, 3.8) is 0 Å². The fraction of sp³-hybridized carbons (Fsp3) is 0.375. The van der Waals surface area contributed by atoms with Crippen LogP contribution >= 0.6 is 0 Å². The van der Waals surface area contributed by atoms with E-state index in [0.717, 1.165) is 41.8 Å². The Morgan fingerprint density at radius 2 is 1.57 bits per heavy atom. The predicted octanol–water partition coefficient (Wildman–Crippen LogP) is 5.21. The van der Waals surface area contributed by atoms with E-state index in [1.165, 1.54) is 35.2 Å². The maximum Gasteiger partial charge on any atom is 0.243 e. The number of benzene rings is 3. The van der Waals surface area contributed by atoms with Crippen LogP contribution in [-0.4, -0.2) is 50.0 Å². The van der Waals surface area contributed by atoms with Gasteiger partial charge in [0.2, 0.25) is 21.8 Å². The van der Waals surface area contributed by atoms with E-state index in [0.29, 0.717) is 0 Å². The van der Waals surface area contributed by atoms with Crippen molar-refractivity contribution in [3.05, 3.63) is 102 Å². The quantitative estimate of drug-likeness (QED) is 0.293. The van der Waals surface area contributed by atoms with Crippen LogP contribution in [0.1, 0.15) is 49.7 Å². The van der Waals surface area contributed by atoms with Crippen LogP contribution in [0.4, 0.5) is 14.5 Å². The monoisotopic (exact) mass is 597 g/mol. The molecule has 0 heterocycles. The van der Waals surface area contributed by atoms with Crippen molar-refractivity contribution in [2.45, 2.75) is 63.6 Å². The van der Waals surface area contributed by atoms with Gasteiger partial charge in [-0.2, -0.15) is 0 Å². The minimum absolute atomic E-state index is 0.0264. The highest BCUT2D eigenvalue weighted by atomic mass is 32.2. The molecule has 1 aliphatic carbocycles. The van der Waals surface area contributed by atoms with Crippen molar-refractivity contribution in [3.8, 4) is 0 Å². The number of anilines is 1. The fourth-order valence-corrected chi connectivity index (χ4v) is 6.31. The molecule has 3 aromatic rings. The lowest BCUT2D eigenvalue weighted by Crippen LogP contribution is -2.52. The van der Waals surface area contributed by atoms with E-state index in [2.05, 4.69) is 5.32 Å². The summed E-state index contributed by atoms with van der Waals surface area (Å²) in [4.78, 5) is 29.0. The van der Waals surface area contributed by atoms with Gasteiger partial charge in [-0.25, -0.2) is 17.2 Å². The summed E-state index contributed by atoms with van der Waals surface area (Å²) in [6, 6.07) is 19.7. The molecule has 1 atom stereocenters. The number of halogens is 2. The third-order valence-corrected chi connectivity index (χ3v) is 8.73. The molecule has 42 heavy (non-hydrogen) atoms. The van der Waals surface area contributed by atoms with Crippen molar-refractivity contribution < 1.29 is 26.8 Å². The maximum atomic E-state index is 14.8. The number of rotatable bonds is 13. The Hall–Kier alpha value is -3.79. The SMILES string of the molecule is CS(=O)(=O)N(CCCC(=O)N(Cc1ccccc1F)[C@H](Cc1ccccc1)C(=O)NC1CCCC1)c1ccc(F)cc1. The molecule has 1 saturated carbocycles. The highest BCUT2D eigenvalue weighted by Gasteiger charge is 2.32. The molecule has 0 radical (unpaired) electrons. The number of carbonyl (C=O) groups excluding carboxylic acids is 2. The smallest absolute Gasteiger partial charge is 0.243 e. The molecule has 0 unspecified atom stereocenters. The van der Waals surface area contributed by atoms with Crippen LogP contribution in [0.25, 0.3) is 0 Å². The second kappa shape index (κ2) is 14.4. The normalized spacial score (nSPS) is 14.4. The number of amides is 2. The number of sulfonamides is 1. The lowest BCUT2D eigenvalue weighted by Gasteiger charge is -2.33. The Morgan fingerprint density at radius 3 is 2.21 bits per heavy atom. The van der Waals surface area contributed by atoms with Gasteiger partial charge in [0, 0.05) is 37.5 Å². The predicted molar refractivity (Wildman–Crippen MR) is 159 cm³/mol. The zero-order chi connectivity index (χ0) is 30.1. The zero-order valence-electron chi connectivity index (χ0n) is 23.7. The molecule has 0 spiro atoms. The zero-order valence-corrected chi connectivity index (χ0v) is 24.5. The van der Waals surface area contributed by atoms with Crippen molar-refractivity contribution in [2.75, 3.05) is 17.1 Å². The van der Waals surface area contributed by atoms with E-state index in [1.54, 1.807) is 18.2 Å². The Kier molecular flexibility index (Phi) is 10.7. The Labute approximate surface area is 246 Å². The van der Waals surface area contributed by atoms with Gasteiger partial charge in [0.1, 0.15) is 17.7 Å². The van der Waals surface area contributed by atoms with Crippen LogP contribution in [0.2, 0.25) is 0 Å². The molecule has 224 valence electrons. The minimum atomic E-state index is -3.71. The van der Waals surface area contributed by atoms with Crippen molar-refractivity contribution in [1.82, 2.24) is 10.2 Å². The molecule has 3 aromatic carbocycles. The van der Waals surface area contributed by atoms with E-state index in [4.69, 9.17) is 0 Å². The first kappa shape index (κ1) is 31.2. The van der Waals surface area contributed by atoms with Crippen molar-refractivity contribution in [1.29, 1.82) is 0 Å². The molecule has 10 heteroatoms. The molecule has 0 aromatic heterocycles. The van der Waals surface area contributed by atoms with Gasteiger partial charge >= 0.3 is 0 Å². The lowest BCUT2D eigenvalue weighted by molar-refractivity contribution is -0.141.